The molecule has 0 heterocycles. The summed E-state index contributed by atoms with van der Waals surface area (Å²) in [5.41, 5.74) is 1.01. The molecule has 3 rings (SSSR count). The number of carbonyl (C=O) groups is 1. The van der Waals surface area contributed by atoms with Gasteiger partial charge in [-0.05, 0) is 12.0 Å². The molecular formula is C15H16Br2O4. The molecule has 1 aromatic carbocycles. The summed E-state index contributed by atoms with van der Waals surface area (Å²) in [7, 11) is 2.99. The minimum absolute atomic E-state index is 0.158. The van der Waals surface area contributed by atoms with Gasteiger partial charge in [0.25, 0.3) is 0 Å². The Morgan fingerprint density at radius 3 is 2.24 bits per heavy atom. The highest BCUT2D eigenvalue weighted by Gasteiger charge is 2.84. The van der Waals surface area contributed by atoms with Crippen molar-refractivity contribution in [1.29, 1.82) is 0 Å². The van der Waals surface area contributed by atoms with Gasteiger partial charge < -0.3 is 14.6 Å². The molecule has 0 spiro atoms. The zero-order valence-corrected chi connectivity index (χ0v) is 14.8. The lowest BCUT2D eigenvalue weighted by Gasteiger charge is -2.39. The standard InChI is InChI=1S/C15H16Br2O4/c1-20-15(21-2)13(16)8-10(9-6-4-3-5-7-9)14(15,17)12(19)11(13)18/h3-7,10-11,18H,8H2,1-2H3/t10-,11+,13-,14+/m1/s1. The number of benzene rings is 1. The number of alkyl halides is 2. The highest BCUT2D eigenvalue weighted by Crippen LogP contribution is 2.70. The van der Waals surface area contributed by atoms with Gasteiger partial charge >= 0.3 is 0 Å². The van der Waals surface area contributed by atoms with Gasteiger partial charge in [-0.25, -0.2) is 0 Å². The Hall–Kier alpha value is -0.270. The lowest BCUT2D eigenvalue weighted by atomic mass is 9.81. The predicted octanol–water partition coefficient (Wildman–Crippen LogP) is 2.37. The van der Waals surface area contributed by atoms with Crippen molar-refractivity contribution >= 4 is 37.6 Å². The molecule has 2 aliphatic rings. The van der Waals surface area contributed by atoms with Crippen molar-refractivity contribution in [2.45, 2.75) is 32.9 Å². The molecule has 0 aliphatic heterocycles. The number of aliphatic hydroxyl groups is 1. The Morgan fingerprint density at radius 1 is 1.19 bits per heavy atom. The van der Waals surface area contributed by atoms with E-state index in [1.165, 1.54) is 14.2 Å². The number of carbonyl (C=O) groups excluding carboxylic acids is 1. The molecule has 2 saturated carbocycles. The van der Waals surface area contributed by atoms with E-state index in [0.717, 1.165) is 5.56 Å². The quantitative estimate of drug-likeness (QED) is 0.603. The number of methoxy groups -OCH3 is 2. The van der Waals surface area contributed by atoms with Crippen molar-refractivity contribution in [3.05, 3.63) is 35.9 Å². The molecule has 4 atom stereocenters. The molecule has 2 aliphatic carbocycles. The van der Waals surface area contributed by atoms with Crippen LogP contribution >= 0.6 is 31.9 Å². The van der Waals surface area contributed by atoms with Gasteiger partial charge in [0.15, 0.2) is 5.78 Å². The van der Waals surface area contributed by atoms with Crippen molar-refractivity contribution in [1.82, 2.24) is 0 Å². The number of ketones is 1. The van der Waals surface area contributed by atoms with Crippen LogP contribution in [0.4, 0.5) is 0 Å². The first-order valence-corrected chi connectivity index (χ1v) is 8.23. The topological polar surface area (TPSA) is 55.8 Å². The molecule has 1 N–H and O–H groups in total. The molecule has 21 heavy (non-hydrogen) atoms. The SMILES string of the molecule is COC1(OC)[C@@]2(Br)C[C@H](c3ccccc3)[C@]1(Br)C(=O)[C@@H]2O. The van der Waals surface area contributed by atoms with Crippen LogP contribution in [0.3, 0.4) is 0 Å². The number of hydrogen-bond donors (Lipinski definition) is 1. The van der Waals surface area contributed by atoms with Crippen LogP contribution in [-0.4, -0.2) is 45.6 Å². The highest BCUT2D eigenvalue weighted by molar-refractivity contribution is 9.11. The minimum Gasteiger partial charge on any atom is -0.384 e. The zero-order valence-electron chi connectivity index (χ0n) is 11.7. The molecule has 0 amide bonds. The van der Waals surface area contributed by atoms with Crippen molar-refractivity contribution in [2.75, 3.05) is 14.2 Å². The lowest BCUT2D eigenvalue weighted by molar-refractivity contribution is -0.218. The fourth-order valence-electron chi connectivity index (χ4n) is 3.89. The van der Waals surface area contributed by atoms with Gasteiger partial charge in [0.1, 0.15) is 14.8 Å². The summed E-state index contributed by atoms with van der Waals surface area (Å²) >= 11 is 7.14. The van der Waals surface area contributed by atoms with Gasteiger partial charge in [-0.15, -0.1) is 0 Å². The molecular weight excluding hydrogens is 404 g/mol. The van der Waals surface area contributed by atoms with Crippen molar-refractivity contribution < 1.29 is 19.4 Å². The third-order valence-corrected chi connectivity index (χ3v) is 7.57. The van der Waals surface area contributed by atoms with Gasteiger partial charge in [0.2, 0.25) is 5.79 Å². The average molecular weight is 420 g/mol. The van der Waals surface area contributed by atoms with Crippen LogP contribution in [0.1, 0.15) is 17.9 Å². The monoisotopic (exact) mass is 418 g/mol. The van der Waals surface area contributed by atoms with E-state index < -0.39 is 20.5 Å². The summed E-state index contributed by atoms with van der Waals surface area (Å²) in [5, 5.41) is 10.4. The summed E-state index contributed by atoms with van der Waals surface area (Å²) < 4.78 is 9.16. The Kier molecular flexibility index (Phi) is 3.62. The summed E-state index contributed by atoms with van der Waals surface area (Å²) in [5.74, 6) is -1.74. The molecule has 6 heteroatoms. The van der Waals surface area contributed by atoms with E-state index in [9.17, 15) is 9.90 Å². The van der Waals surface area contributed by atoms with Gasteiger partial charge in [-0.2, -0.15) is 0 Å². The van der Waals surface area contributed by atoms with Crippen molar-refractivity contribution in [3.63, 3.8) is 0 Å². The molecule has 0 aromatic heterocycles. The average Bonchev–Trinajstić information content (AvgIpc) is 2.79. The summed E-state index contributed by atoms with van der Waals surface area (Å²) in [6.07, 6.45) is -0.659. The maximum atomic E-state index is 12.7. The fraction of sp³-hybridized carbons (Fsp3) is 0.533. The number of halogens is 2. The Morgan fingerprint density at radius 2 is 1.76 bits per heavy atom. The smallest absolute Gasteiger partial charge is 0.209 e. The Bertz CT molecular complexity index is 574. The third kappa shape index (κ3) is 1.58. The fourth-order valence-corrected chi connectivity index (χ4v) is 6.64. The molecule has 2 fully saturated rings. The number of ether oxygens (including phenoxy) is 2. The van der Waals surface area contributed by atoms with E-state index in [2.05, 4.69) is 31.9 Å². The second-order valence-electron chi connectivity index (χ2n) is 5.53. The van der Waals surface area contributed by atoms with Crippen LogP contribution in [0.15, 0.2) is 30.3 Å². The first kappa shape index (κ1) is 15.6. The van der Waals surface area contributed by atoms with Gasteiger partial charge in [-0.3, -0.25) is 4.79 Å². The van der Waals surface area contributed by atoms with Crippen LogP contribution in [0, 0.1) is 0 Å². The third-order valence-electron chi connectivity index (χ3n) is 4.82. The van der Waals surface area contributed by atoms with Crippen LogP contribution in [0.5, 0.6) is 0 Å². The lowest BCUT2D eigenvalue weighted by Crippen LogP contribution is -2.56. The van der Waals surface area contributed by atoms with Crippen LogP contribution < -0.4 is 0 Å². The molecule has 4 nitrogen and oxygen atoms in total. The number of hydrogen-bond acceptors (Lipinski definition) is 4. The summed E-state index contributed by atoms with van der Waals surface area (Å²) in [6.45, 7) is 0. The van der Waals surface area contributed by atoms with E-state index in [-0.39, 0.29) is 11.7 Å². The van der Waals surface area contributed by atoms with Gasteiger partial charge in [0, 0.05) is 20.1 Å². The number of rotatable bonds is 3. The molecule has 0 saturated heterocycles. The first-order chi connectivity index (χ1) is 9.89. The normalized spacial score (nSPS) is 40.7. The second kappa shape index (κ2) is 4.86. The predicted molar refractivity (Wildman–Crippen MR) is 84.9 cm³/mol. The van der Waals surface area contributed by atoms with Crippen molar-refractivity contribution in [2.24, 2.45) is 0 Å². The minimum atomic E-state index is -1.27. The number of aliphatic hydroxyl groups excluding tert-OH is 1. The van der Waals surface area contributed by atoms with Crippen LogP contribution in [0.2, 0.25) is 0 Å². The Labute approximate surface area is 140 Å². The maximum Gasteiger partial charge on any atom is 0.209 e. The highest BCUT2D eigenvalue weighted by atomic mass is 79.9. The van der Waals surface area contributed by atoms with E-state index in [1.807, 2.05) is 30.3 Å². The molecule has 1 aromatic rings. The van der Waals surface area contributed by atoms with E-state index in [4.69, 9.17) is 9.47 Å². The van der Waals surface area contributed by atoms with Crippen LogP contribution in [-0.2, 0) is 14.3 Å². The zero-order chi connectivity index (χ0) is 15.5. The van der Waals surface area contributed by atoms with E-state index >= 15 is 0 Å². The molecule has 0 radical (unpaired) electrons. The maximum absolute atomic E-state index is 12.7. The summed E-state index contributed by atoms with van der Waals surface area (Å²) in [4.78, 5) is 12.7. The Balaban J connectivity index is 2.21. The van der Waals surface area contributed by atoms with E-state index in [0.29, 0.717) is 6.42 Å². The largest absolute Gasteiger partial charge is 0.384 e. The van der Waals surface area contributed by atoms with Crippen molar-refractivity contribution in [3.8, 4) is 0 Å². The molecule has 2 bridgehead atoms. The first-order valence-electron chi connectivity index (χ1n) is 6.64. The number of fused-ring (bicyclic) bond motifs is 2. The van der Waals surface area contributed by atoms with Crippen LogP contribution in [0.25, 0.3) is 0 Å². The van der Waals surface area contributed by atoms with Gasteiger partial charge in [0.05, 0.1) is 0 Å². The molecule has 114 valence electrons. The van der Waals surface area contributed by atoms with Gasteiger partial charge in [-0.1, -0.05) is 62.2 Å². The summed E-state index contributed by atoms with van der Waals surface area (Å²) in [6, 6.07) is 9.74. The number of Topliss-reactive ketones (excluding diaryl/α,β-unsaturated/α-hetero) is 1. The second-order valence-corrected chi connectivity index (χ2v) is 8.20. The molecule has 0 unspecified atom stereocenters. The van der Waals surface area contributed by atoms with E-state index in [1.54, 1.807) is 0 Å².